The second-order valence-corrected chi connectivity index (χ2v) is 5.66. The first-order chi connectivity index (χ1) is 9.56. The predicted molar refractivity (Wildman–Crippen MR) is 72.8 cm³/mol. The van der Waals surface area contributed by atoms with Crippen molar-refractivity contribution in [3.63, 3.8) is 0 Å². The van der Waals surface area contributed by atoms with Crippen molar-refractivity contribution in [1.29, 1.82) is 0 Å². The summed E-state index contributed by atoms with van der Waals surface area (Å²) < 4.78 is 10.7. The van der Waals surface area contributed by atoms with E-state index >= 15 is 0 Å². The lowest BCUT2D eigenvalue weighted by Crippen LogP contribution is -2.26. The van der Waals surface area contributed by atoms with Crippen LogP contribution in [0, 0.1) is 11.8 Å². The van der Waals surface area contributed by atoms with Crippen LogP contribution in [-0.4, -0.2) is 35.9 Å². The van der Waals surface area contributed by atoms with E-state index in [0.29, 0.717) is 6.54 Å². The van der Waals surface area contributed by atoms with E-state index in [0.717, 1.165) is 23.6 Å². The standard InChI is InChI=1S/C15H19NO4/c1-9-6-16(7-12(9)15(17)18)10(2)11-3-4-13-14(5-11)20-8-19-13/h3-5,9-10,12H,6-8H2,1-2H3,(H,17,18)/t9-,10?,12-/m1/s1. The first kappa shape index (κ1) is 13.2. The molecule has 2 aliphatic rings. The number of hydrogen-bond acceptors (Lipinski definition) is 4. The molecule has 1 unspecified atom stereocenters. The maximum absolute atomic E-state index is 11.2. The molecule has 0 saturated carbocycles. The van der Waals surface area contributed by atoms with E-state index in [4.69, 9.17) is 9.47 Å². The van der Waals surface area contributed by atoms with E-state index in [1.807, 2.05) is 25.1 Å². The Kier molecular flexibility index (Phi) is 3.30. The molecule has 2 aliphatic heterocycles. The minimum absolute atomic E-state index is 0.177. The SMILES string of the molecule is CC(c1ccc2c(c1)OCO2)N1C[C@@H](C)[C@H](C(=O)O)C1. The second kappa shape index (κ2) is 4.98. The highest BCUT2D eigenvalue weighted by molar-refractivity contribution is 5.71. The zero-order valence-electron chi connectivity index (χ0n) is 11.7. The summed E-state index contributed by atoms with van der Waals surface area (Å²) in [6.45, 7) is 5.80. The Labute approximate surface area is 118 Å². The second-order valence-electron chi connectivity index (χ2n) is 5.66. The van der Waals surface area contributed by atoms with Gasteiger partial charge in [-0.25, -0.2) is 0 Å². The minimum Gasteiger partial charge on any atom is -0.481 e. The number of aliphatic carboxylic acids is 1. The maximum atomic E-state index is 11.2. The molecular formula is C15H19NO4. The zero-order valence-corrected chi connectivity index (χ0v) is 11.7. The van der Waals surface area contributed by atoms with Gasteiger partial charge in [-0.1, -0.05) is 13.0 Å². The van der Waals surface area contributed by atoms with Crippen LogP contribution in [-0.2, 0) is 4.79 Å². The monoisotopic (exact) mass is 277 g/mol. The Balaban J connectivity index is 1.76. The fraction of sp³-hybridized carbons (Fsp3) is 0.533. The van der Waals surface area contributed by atoms with Crippen molar-refractivity contribution in [2.75, 3.05) is 19.9 Å². The van der Waals surface area contributed by atoms with Crippen molar-refractivity contribution in [3.05, 3.63) is 23.8 Å². The van der Waals surface area contributed by atoms with Gasteiger partial charge in [0.15, 0.2) is 11.5 Å². The van der Waals surface area contributed by atoms with Crippen LogP contribution in [0.25, 0.3) is 0 Å². The topological polar surface area (TPSA) is 59.0 Å². The molecule has 1 aromatic carbocycles. The number of benzene rings is 1. The molecule has 5 heteroatoms. The van der Waals surface area contributed by atoms with Crippen molar-refractivity contribution >= 4 is 5.97 Å². The Bertz CT molecular complexity index is 531. The smallest absolute Gasteiger partial charge is 0.308 e. The normalized spacial score (nSPS) is 26.7. The van der Waals surface area contributed by atoms with Crippen molar-refractivity contribution in [3.8, 4) is 11.5 Å². The van der Waals surface area contributed by atoms with Gasteiger partial charge in [0.2, 0.25) is 6.79 Å². The molecule has 0 bridgehead atoms. The molecule has 3 rings (SSSR count). The number of ether oxygens (including phenoxy) is 2. The van der Waals surface area contributed by atoms with Gasteiger partial charge in [0.1, 0.15) is 0 Å². The molecule has 1 fully saturated rings. The van der Waals surface area contributed by atoms with E-state index in [-0.39, 0.29) is 24.7 Å². The lowest BCUT2D eigenvalue weighted by molar-refractivity contribution is -0.142. The number of nitrogens with zero attached hydrogens (tertiary/aromatic N) is 1. The lowest BCUT2D eigenvalue weighted by atomic mass is 9.99. The van der Waals surface area contributed by atoms with Crippen molar-refractivity contribution < 1.29 is 19.4 Å². The van der Waals surface area contributed by atoms with Crippen LogP contribution in [0.15, 0.2) is 18.2 Å². The molecule has 0 aromatic heterocycles. The summed E-state index contributed by atoms with van der Waals surface area (Å²) in [5.74, 6) is 0.767. The average Bonchev–Trinajstić information content (AvgIpc) is 3.02. The molecular weight excluding hydrogens is 258 g/mol. The van der Waals surface area contributed by atoms with Crippen LogP contribution in [0.1, 0.15) is 25.5 Å². The lowest BCUT2D eigenvalue weighted by Gasteiger charge is -2.24. The van der Waals surface area contributed by atoms with Crippen LogP contribution >= 0.6 is 0 Å². The summed E-state index contributed by atoms with van der Waals surface area (Å²) in [5.41, 5.74) is 1.13. The first-order valence-electron chi connectivity index (χ1n) is 6.92. The van der Waals surface area contributed by atoms with Gasteiger partial charge in [-0.15, -0.1) is 0 Å². The summed E-state index contributed by atoms with van der Waals surface area (Å²) >= 11 is 0. The van der Waals surface area contributed by atoms with Crippen LogP contribution in [0.3, 0.4) is 0 Å². The summed E-state index contributed by atoms with van der Waals surface area (Å²) in [6, 6.07) is 6.11. The van der Waals surface area contributed by atoms with E-state index in [1.54, 1.807) is 0 Å². The highest BCUT2D eigenvalue weighted by Gasteiger charge is 2.37. The highest BCUT2D eigenvalue weighted by atomic mass is 16.7. The Hall–Kier alpha value is -1.75. The minimum atomic E-state index is -0.696. The largest absolute Gasteiger partial charge is 0.481 e. The number of likely N-dealkylation sites (tertiary alicyclic amines) is 1. The Morgan fingerprint density at radius 2 is 2.10 bits per heavy atom. The van der Waals surface area contributed by atoms with Gasteiger partial charge in [-0.2, -0.15) is 0 Å². The Morgan fingerprint density at radius 1 is 1.35 bits per heavy atom. The number of carboxylic acids is 1. The van der Waals surface area contributed by atoms with Gasteiger partial charge >= 0.3 is 5.97 Å². The zero-order chi connectivity index (χ0) is 14.3. The molecule has 5 nitrogen and oxygen atoms in total. The fourth-order valence-corrected chi connectivity index (χ4v) is 3.03. The van der Waals surface area contributed by atoms with Crippen LogP contribution in [0.5, 0.6) is 11.5 Å². The third kappa shape index (κ3) is 2.22. The molecule has 1 saturated heterocycles. The summed E-state index contributed by atoms with van der Waals surface area (Å²) in [7, 11) is 0. The van der Waals surface area contributed by atoms with E-state index in [1.165, 1.54) is 0 Å². The number of carbonyl (C=O) groups is 1. The van der Waals surface area contributed by atoms with Gasteiger partial charge in [0.25, 0.3) is 0 Å². The van der Waals surface area contributed by atoms with E-state index in [2.05, 4.69) is 11.8 Å². The third-order valence-electron chi connectivity index (χ3n) is 4.38. The molecule has 0 spiro atoms. The van der Waals surface area contributed by atoms with Gasteiger partial charge in [-0.3, -0.25) is 9.69 Å². The average molecular weight is 277 g/mol. The molecule has 3 atom stereocenters. The Morgan fingerprint density at radius 3 is 2.80 bits per heavy atom. The van der Waals surface area contributed by atoms with E-state index in [9.17, 15) is 9.90 Å². The summed E-state index contributed by atoms with van der Waals surface area (Å²) in [5, 5.41) is 9.22. The van der Waals surface area contributed by atoms with Gasteiger partial charge in [0.05, 0.1) is 5.92 Å². The molecule has 0 radical (unpaired) electrons. The van der Waals surface area contributed by atoms with Gasteiger partial charge < -0.3 is 14.6 Å². The quantitative estimate of drug-likeness (QED) is 0.917. The van der Waals surface area contributed by atoms with Crippen molar-refractivity contribution in [2.45, 2.75) is 19.9 Å². The highest BCUT2D eigenvalue weighted by Crippen LogP contribution is 2.37. The van der Waals surface area contributed by atoms with Crippen molar-refractivity contribution in [1.82, 2.24) is 4.90 Å². The third-order valence-corrected chi connectivity index (χ3v) is 4.38. The van der Waals surface area contributed by atoms with Gasteiger partial charge in [-0.05, 0) is 30.5 Å². The van der Waals surface area contributed by atoms with Crippen LogP contribution < -0.4 is 9.47 Å². The number of hydrogen-bond donors (Lipinski definition) is 1. The van der Waals surface area contributed by atoms with Crippen LogP contribution in [0.4, 0.5) is 0 Å². The van der Waals surface area contributed by atoms with Crippen LogP contribution in [0.2, 0.25) is 0 Å². The summed E-state index contributed by atoms with van der Waals surface area (Å²) in [4.78, 5) is 13.4. The molecule has 1 N–H and O–H groups in total. The molecule has 0 amide bonds. The maximum Gasteiger partial charge on any atom is 0.308 e. The summed E-state index contributed by atoms with van der Waals surface area (Å²) in [6.07, 6.45) is 0. The molecule has 108 valence electrons. The number of fused-ring (bicyclic) bond motifs is 1. The first-order valence-corrected chi connectivity index (χ1v) is 6.92. The predicted octanol–water partition coefficient (Wildman–Crippen LogP) is 2.13. The van der Waals surface area contributed by atoms with E-state index < -0.39 is 5.97 Å². The van der Waals surface area contributed by atoms with Crippen molar-refractivity contribution in [2.24, 2.45) is 11.8 Å². The number of carboxylic acid groups (broad SMARTS) is 1. The van der Waals surface area contributed by atoms with Gasteiger partial charge in [0, 0.05) is 19.1 Å². The number of rotatable bonds is 3. The molecule has 20 heavy (non-hydrogen) atoms. The molecule has 0 aliphatic carbocycles. The molecule has 1 aromatic rings. The molecule has 2 heterocycles. The fourth-order valence-electron chi connectivity index (χ4n) is 3.03.